The fraction of sp³-hybridized carbons (Fsp3) is 0.0312. The lowest BCUT2D eigenvalue weighted by atomic mass is 9.98. The molecule has 4 heteroatoms. The van der Waals surface area contributed by atoms with E-state index in [0.717, 1.165) is 12.5 Å². The second-order valence-electron chi connectivity index (χ2n) is 9.21. The third-order valence-corrected chi connectivity index (χ3v) is 8.49. The van der Waals surface area contributed by atoms with Crippen molar-refractivity contribution in [3.05, 3.63) is 127 Å². The Hall–Kier alpha value is -4.41. The summed E-state index contributed by atoms with van der Waals surface area (Å²) < 4.78 is 4.95. The third kappa shape index (κ3) is 2.70. The quantitative estimate of drug-likeness (QED) is 0.233. The summed E-state index contributed by atoms with van der Waals surface area (Å²) in [6, 6.07) is 32.6. The van der Waals surface area contributed by atoms with Crippen LogP contribution in [0.15, 0.2) is 126 Å². The number of thiophene rings is 1. The summed E-state index contributed by atoms with van der Waals surface area (Å²) in [5, 5.41) is 5.13. The van der Waals surface area contributed by atoms with Crippen molar-refractivity contribution in [2.45, 2.75) is 0 Å². The first kappa shape index (κ1) is 19.8. The molecule has 0 radical (unpaired) electrons. The molecule has 0 spiro atoms. The van der Waals surface area contributed by atoms with Crippen LogP contribution in [0.1, 0.15) is 5.56 Å². The van der Waals surface area contributed by atoms with E-state index >= 15 is 0 Å². The lowest BCUT2D eigenvalue weighted by Gasteiger charge is -2.34. The minimum atomic E-state index is 0.783. The number of aliphatic imine (C=N–C) groups is 1. The van der Waals surface area contributed by atoms with E-state index in [9.17, 15) is 0 Å². The van der Waals surface area contributed by atoms with Gasteiger partial charge in [-0.3, -0.25) is 4.57 Å². The van der Waals surface area contributed by atoms with Crippen molar-refractivity contribution in [2.24, 2.45) is 4.99 Å². The van der Waals surface area contributed by atoms with Crippen molar-refractivity contribution >= 4 is 64.8 Å². The maximum absolute atomic E-state index is 5.15. The first-order valence-corrected chi connectivity index (χ1v) is 13.0. The Morgan fingerprint density at radius 1 is 0.694 bits per heavy atom. The number of fused-ring (bicyclic) bond motifs is 7. The number of allylic oxidation sites excluding steroid dienone is 3. The Morgan fingerprint density at radius 3 is 2.19 bits per heavy atom. The van der Waals surface area contributed by atoms with E-state index in [-0.39, 0.29) is 0 Å². The fourth-order valence-electron chi connectivity index (χ4n) is 5.68. The zero-order chi connectivity index (χ0) is 23.6. The van der Waals surface area contributed by atoms with Gasteiger partial charge in [0.15, 0.2) is 0 Å². The smallest absolute Gasteiger partial charge is 0.215 e. The third-order valence-electron chi connectivity index (χ3n) is 7.27. The summed E-state index contributed by atoms with van der Waals surface area (Å²) >= 11 is 1.87. The zero-order valence-corrected chi connectivity index (χ0v) is 20.2. The van der Waals surface area contributed by atoms with Crippen molar-refractivity contribution in [3.63, 3.8) is 0 Å². The molecule has 170 valence electrons. The highest BCUT2D eigenvalue weighted by atomic mass is 32.1. The van der Waals surface area contributed by atoms with E-state index in [1.807, 2.05) is 11.3 Å². The van der Waals surface area contributed by atoms with Gasteiger partial charge in [0.05, 0.1) is 16.7 Å². The minimum Gasteiger partial charge on any atom is -0.307 e. The highest BCUT2D eigenvalue weighted by molar-refractivity contribution is 7.26. The number of hydrogen-bond donors (Lipinski definition) is 0. The number of para-hydroxylation sites is 2. The van der Waals surface area contributed by atoms with Crippen LogP contribution in [0.3, 0.4) is 0 Å². The summed E-state index contributed by atoms with van der Waals surface area (Å²) in [7, 11) is 0. The first-order valence-electron chi connectivity index (χ1n) is 12.2. The number of aromatic nitrogens is 1. The standard InChI is InChI=1S/C32H21N3S/c1-4-16-28-21(10-1)22-11-2-5-17-29(22)35(28)32-33-20-26(27-15-7-8-19-34(27)32)25-14-9-13-24-23-12-3-6-18-30(23)36-31(24)25/h1-18,20H,19H2. The summed E-state index contributed by atoms with van der Waals surface area (Å²) in [5.74, 6) is 0.940. The summed E-state index contributed by atoms with van der Waals surface area (Å²) in [5.41, 5.74) is 5.95. The number of nitrogens with zero attached hydrogens (tertiary/aromatic N) is 3. The number of rotatable bonds is 1. The van der Waals surface area contributed by atoms with Crippen molar-refractivity contribution in [2.75, 3.05) is 6.54 Å². The molecular weight excluding hydrogens is 458 g/mol. The monoisotopic (exact) mass is 479 g/mol. The van der Waals surface area contributed by atoms with E-state index in [4.69, 9.17) is 4.99 Å². The Balaban J connectivity index is 1.40. The van der Waals surface area contributed by atoms with Crippen LogP contribution in [0, 0.1) is 0 Å². The minimum absolute atomic E-state index is 0.783. The van der Waals surface area contributed by atoms with Crippen LogP contribution in [0.4, 0.5) is 0 Å². The van der Waals surface area contributed by atoms with Gasteiger partial charge in [0.25, 0.3) is 0 Å². The Morgan fingerprint density at radius 2 is 1.39 bits per heavy atom. The van der Waals surface area contributed by atoms with Crippen LogP contribution in [0.2, 0.25) is 0 Å². The van der Waals surface area contributed by atoms with Crippen LogP contribution < -0.4 is 0 Å². The van der Waals surface area contributed by atoms with Crippen molar-refractivity contribution in [1.82, 2.24) is 9.47 Å². The van der Waals surface area contributed by atoms with Gasteiger partial charge in [0.1, 0.15) is 0 Å². The molecule has 0 N–H and O–H groups in total. The maximum atomic E-state index is 5.15. The molecule has 6 aromatic rings. The highest BCUT2D eigenvalue weighted by Crippen LogP contribution is 2.42. The SMILES string of the molecule is C1=CCN2C(=C1)C(c1cccc3c1sc1ccccc13)=CN=C2n1c2ccccc2c2ccccc21. The van der Waals surface area contributed by atoms with Gasteiger partial charge in [-0.2, -0.15) is 0 Å². The van der Waals surface area contributed by atoms with Crippen LogP contribution in [0.5, 0.6) is 0 Å². The van der Waals surface area contributed by atoms with E-state index in [0.29, 0.717) is 0 Å². The van der Waals surface area contributed by atoms with Crippen molar-refractivity contribution in [1.29, 1.82) is 0 Å². The topological polar surface area (TPSA) is 20.5 Å². The Kier molecular flexibility index (Phi) is 4.16. The van der Waals surface area contributed by atoms with Gasteiger partial charge in [-0.05, 0) is 24.3 Å². The predicted octanol–water partition coefficient (Wildman–Crippen LogP) is 8.18. The van der Waals surface area contributed by atoms with Gasteiger partial charge in [-0.15, -0.1) is 11.3 Å². The average molecular weight is 480 g/mol. The Labute approximate surface area is 212 Å². The van der Waals surface area contributed by atoms with Gasteiger partial charge >= 0.3 is 0 Å². The molecule has 3 nitrogen and oxygen atoms in total. The molecule has 0 fully saturated rings. The molecule has 0 amide bonds. The summed E-state index contributed by atoms with van der Waals surface area (Å²) in [4.78, 5) is 7.50. The number of benzene rings is 4. The molecule has 36 heavy (non-hydrogen) atoms. The molecule has 2 aromatic heterocycles. The summed E-state index contributed by atoms with van der Waals surface area (Å²) in [6.07, 6.45) is 8.67. The van der Waals surface area contributed by atoms with Gasteiger partial charge in [-0.25, -0.2) is 4.99 Å². The van der Waals surface area contributed by atoms with E-state index in [1.54, 1.807) is 0 Å². The zero-order valence-electron chi connectivity index (χ0n) is 19.4. The lowest BCUT2D eigenvalue weighted by Crippen LogP contribution is -2.38. The summed E-state index contributed by atoms with van der Waals surface area (Å²) in [6.45, 7) is 0.783. The molecule has 0 saturated carbocycles. The number of hydrogen-bond acceptors (Lipinski definition) is 3. The molecule has 0 aliphatic carbocycles. The molecule has 8 rings (SSSR count). The van der Waals surface area contributed by atoms with Gasteiger partial charge in [0, 0.05) is 54.8 Å². The van der Waals surface area contributed by atoms with Crippen molar-refractivity contribution < 1.29 is 0 Å². The average Bonchev–Trinajstić information content (AvgIpc) is 3.49. The maximum Gasteiger partial charge on any atom is 0.215 e. The molecule has 0 unspecified atom stereocenters. The second kappa shape index (κ2) is 7.54. The van der Waals surface area contributed by atoms with E-state index in [2.05, 4.69) is 125 Å². The van der Waals surface area contributed by atoms with Crippen LogP contribution in [-0.2, 0) is 0 Å². The van der Waals surface area contributed by atoms with E-state index < -0.39 is 0 Å². The molecule has 0 atom stereocenters. The molecule has 4 heterocycles. The molecule has 0 bridgehead atoms. The largest absolute Gasteiger partial charge is 0.307 e. The van der Waals surface area contributed by atoms with Gasteiger partial charge in [0.2, 0.25) is 5.96 Å². The second-order valence-corrected chi connectivity index (χ2v) is 10.3. The van der Waals surface area contributed by atoms with Crippen LogP contribution in [0.25, 0.3) is 47.6 Å². The molecule has 0 saturated heterocycles. The molecule has 4 aromatic carbocycles. The highest BCUT2D eigenvalue weighted by Gasteiger charge is 2.28. The molecule has 2 aliphatic rings. The molecule has 2 aliphatic heterocycles. The fourth-order valence-corrected chi connectivity index (χ4v) is 6.91. The van der Waals surface area contributed by atoms with Crippen LogP contribution >= 0.6 is 11.3 Å². The van der Waals surface area contributed by atoms with Gasteiger partial charge < -0.3 is 4.90 Å². The van der Waals surface area contributed by atoms with E-state index in [1.165, 1.54) is 58.8 Å². The predicted molar refractivity (Wildman–Crippen MR) is 154 cm³/mol. The van der Waals surface area contributed by atoms with Crippen molar-refractivity contribution in [3.8, 4) is 0 Å². The van der Waals surface area contributed by atoms with Gasteiger partial charge in [-0.1, -0.05) is 84.9 Å². The van der Waals surface area contributed by atoms with Crippen LogP contribution in [-0.4, -0.2) is 22.0 Å². The normalized spacial score (nSPS) is 15.4. The molecular formula is C32H21N3S. The first-order chi connectivity index (χ1) is 17.9. The Bertz CT molecular complexity index is 1930. The lowest BCUT2D eigenvalue weighted by molar-refractivity contribution is 0.562.